The number of thioether (sulfide) groups is 1. The van der Waals surface area contributed by atoms with Gasteiger partial charge in [0.15, 0.2) is 6.10 Å². The second-order valence-electron chi connectivity index (χ2n) is 10.0. The van der Waals surface area contributed by atoms with Gasteiger partial charge in [-0.25, -0.2) is 10.0 Å². The van der Waals surface area contributed by atoms with Gasteiger partial charge in [0.1, 0.15) is 22.5 Å². The highest BCUT2D eigenvalue weighted by Gasteiger charge is 2.41. The first kappa shape index (κ1) is 32.0. The topological polar surface area (TPSA) is 83.0 Å². The summed E-state index contributed by atoms with van der Waals surface area (Å²) in [5.74, 6) is 0.151. The third kappa shape index (κ3) is 7.28. The number of anilines is 2. The van der Waals surface area contributed by atoms with Crippen molar-refractivity contribution in [2.75, 3.05) is 10.3 Å². The average Bonchev–Trinajstić information content (AvgIpc) is 3.25. The van der Waals surface area contributed by atoms with Gasteiger partial charge in [-0.1, -0.05) is 76.7 Å². The molecule has 0 bridgehead atoms. The van der Waals surface area contributed by atoms with E-state index in [4.69, 9.17) is 56.1 Å². The maximum absolute atomic E-state index is 14.0. The molecular formula is C32H26Cl4N4O3S. The Morgan fingerprint density at radius 2 is 1.64 bits per heavy atom. The van der Waals surface area contributed by atoms with Crippen LogP contribution in [-0.4, -0.2) is 29.0 Å². The van der Waals surface area contributed by atoms with E-state index in [1.807, 2.05) is 56.3 Å². The van der Waals surface area contributed by atoms with Crippen molar-refractivity contribution < 1.29 is 14.3 Å². The van der Waals surface area contributed by atoms with E-state index in [0.29, 0.717) is 37.9 Å². The van der Waals surface area contributed by atoms with E-state index < -0.39 is 11.4 Å². The van der Waals surface area contributed by atoms with Gasteiger partial charge in [0, 0.05) is 9.92 Å². The molecule has 0 aromatic heterocycles. The first-order valence-corrected chi connectivity index (χ1v) is 15.8. The number of benzene rings is 4. The van der Waals surface area contributed by atoms with Crippen LogP contribution in [0.5, 0.6) is 5.75 Å². The molecule has 0 radical (unpaired) electrons. The zero-order valence-corrected chi connectivity index (χ0v) is 27.5. The van der Waals surface area contributed by atoms with Gasteiger partial charge in [0.25, 0.3) is 11.8 Å². The number of hydrazine groups is 1. The lowest BCUT2D eigenvalue weighted by Gasteiger charge is -2.19. The van der Waals surface area contributed by atoms with Gasteiger partial charge in [0.2, 0.25) is 0 Å². The van der Waals surface area contributed by atoms with Crippen LogP contribution in [0.2, 0.25) is 20.1 Å². The van der Waals surface area contributed by atoms with Gasteiger partial charge in [-0.2, -0.15) is 0 Å². The molecule has 4 aromatic rings. The van der Waals surface area contributed by atoms with E-state index in [0.717, 1.165) is 11.1 Å². The Morgan fingerprint density at radius 3 is 2.36 bits per heavy atom. The lowest BCUT2D eigenvalue weighted by molar-refractivity contribution is -0.122. The minimum Gasteiger partial charge on any atom is -0.481 e. The second kappa shape index (κ2) is 13.7. The molecule has 0 spiro atoms. The molecule has 2 atom stereocenters. The molecule has 0 saturated carbocycles. The fourth-order valence-electron chi connectivity index (χ4n) is 4.39. The van der Waals surface area contributed by atoms with E-state index in [9.17, 15) is 9.59 Å². The summed E-state index contributed by atoms with van der Waals surface area (Å²) in [5.41, 5.74) is 6.25. The average molecular weight is 688 g/mol. The number of rotatable bonds is 8. The molecule has 1 saturated heterocycles. The van der Waals surface area contributed by atoms with Crippen LogP contribution in [0.4, 0.5) is 17.1 Å². The monoisotopic (exact) mass is 686 g/mol. The number of halogens is 4. The molecule has 0 aliphatic carbocycles. The van der Waals surface area contributed by atoms with Gasteiger partial charge in [-0.15, -0.1) is 11.8 Å². The highest BCUT2D eigenvalue weighted by Crippen LogP contribution is 2.41. The molecular weight excluding hydrogens is 662 g/mol. The van der Waals surface area contributed by atoms with Crippen molar-refractivity contribution in [3.63, 3.8) is 0 Å². The van der Waals surface area contributed by atoms with Gasteiger partial charge in [-0.05, 0) is 80.4 Å². The Kier molecular flexibility index (Phi) is 9.97. The molecule has 5 rings (SSSR count). The lowest BCUT2D eigenvalue weighted by atomic mass is 10.2. The summed E-state index contributed by atoms with van der Waals surface area (Å²) in [4.78, 5) is 32.5. The number of carbonyl (C=O) groups is 2. The molecule has 226 valence electrons. The molecule has 1 heterocycles. The van der Waals surface area contributed by atoms with Crippen molar-refractivity contribution in [2.24, 2.45) is 4.99 Å². The van der Waals surface area contributed by atoms with E-state index in [1.54, 1.807) is 31.2 Å². The Labute approximate surface area is 279 Å². The van der Waals surface area contributed by atoms with E-state index in [-0.39, 0.29) is 27.5 Å². The van der Waals surface area contributed by atoms with Crippen molar-refractivity contribution >= 4 is 92.9 Å². The van der Waals surface area contributed by atoms with Crippen molar-refractivity contribution in [3.05, 3.63) is 110 Å². The fraction of sp³-hybridized carbons (Fsp3) is 0.156. The van der Waals surface area contributed by atoms with Crippen molar-refractivity contribution in [1.82, 2.24) is 5.43 Å². The van der Waals surface area contributed by atoms with Crippen LogP contribution < -0.4 is 20.5 Å². The molecule has 1 aliphatic rings. The summed E-state index contributed by atoms with van der Waals surface area (Å²) in [6.45, 7) is 5.54. The van der Waals surface area contributed by atoms with Crippen LogP contribution in [0, 0.1) is 13.8 Å². The third-order valence-electron chi connectivity index (χ3n) is 6.53. The Hall–Kier alpha value is -3.40. The van der Waals surface area contributed by atoms with Gasteiger partial charge in [0.05, 0.1) is 26.4 Å². The van der Waals surface area contributed by atoms with Gasteiger partial charge in [-0.3, -0.25) is 15.0 Å². The Balaban J connectivity index is 1.46. The number of nitrogens with one attached hydrogen (secondary N) is 2. The molecule has 7 nitrogen and oxygen atoms in total. The number of aliphatic imine (C=N–C) groups is 1. The number of hydrogen-bond acceptors (Lipinski definition) is 5. The highest BCUT2D eigenvalue weighted by atomic mass is 35.5. The molecule has 4 aromatic carbocycles. The fourth-order valence-corrected chi connectivity index (χ4v) is 6.61. The van der Waals surface area contributed by atoms with Gasteiger partial charge >= 0.3 is 0 Å². The number of amides is 2. The standard InChI is InChI=1S/C32H26Cl4N4O3S/c1-17-7-6-8-21(13-17)43-19(3)31(41)38-25-9-4-5-10-27(25)44-29-30(37-26-14-18(2)11-12-22(26)34)39-40(32(29)42)28-23(35)15-20(33)16-24(28)36/h4-16,19,29H,1-3H3,(H,37,39)(H,38,41). The van der Waals surface area contributed by atoms with E-state index >= 15 is 0 Å². The summed E-state index contributed by atoms with van der Waals surface area (Å²) < 4.78 is 5.86. The zero-order valence-electron chi connectivity index (χ0n) is 23.7. The summed E-state index contributed by atoms with van der Waals surface area (Å²) in [6, 6.07) is 23.1. The van der Waals surface area contributed by atoms with Crippen LogP contribution in [-0.2, 0) is 9.59 Å². The van der Waals surface area contributed by atoms with E-state index in [1.165, 1.54) is 28.9 Å². The van der Waals surface area contributed by atoms with Crippen molar-refractivity contribution in [2.45, 2.75) is 37.0 Å². The van der Waals surface area contributed by atoms with Crippen LogP contribution in [0.1, 0.15) is 18.1 Å². The van der Waals surface area contributed by atoms with E-state index in [2.05, 4.69) is 10.7 Å². The number of hydrogen-bond donors (Lipinski definition) is 2. The van der Waals surface area contributed by atoms with Crippen LogP contribution >= 0.6 is 58.2 Å². The zero-order chi connectivity index (χ0) is 31.5. The summed E-state index contributed by atoms with van der Waals surface area (Å²) >= 11 is 26.8. The maximum Gasteiger partial charge on any atom is 0.267 e. The largest absolute Gasteiger partial charge is 0.481 e. The summed E-state index contributed by atoms with van der Waals surface area (Å²) in [7, 11) is 0. The Bertz CT molecular complexity index is 1760. The summed E-state index contributed by atoms with van der Waals surface area (Å²) in [6.07, 6.45) is -0.782. The highest BCUT2D eigenvalue weighted by molar-refractivity contribution is 8.01. The number of aryl methyl sites for hydroxylation is 2. The SMILES string of the molecule is Cc1cccc(OC(C)C(=O)Nc2ccccc2SC2C(=O)N(c3c(Cl)cc(Cl)cc3Cl)NC2=Nc2cc(C)ccc2Cl)c1. The van der Waals surface area contributed by atoms with Crippen LogP contribution in [0.3, 0.4) is 0 Å². The predicted octanol–water partition coefficient (Wildman–Crippen LogP) is 9.07. The first-order valence-electron chi connectivity index (χ1n) is 13.4. The number of carbonyl (C=O) groups excluding carboxylic acids is 2. The molecule has 1 fully saturated rings. The Morgan fingerprint density at radius 1 is 0.932 bits per heavy atom. The number of para-hydroxylation sites is 1. The smallest absolute Gasteiger partial charge is 0.267 e. The van der Waals surface area contributed by atoms with Crippen LogP contribution in [0.25, 0.3) is 0 Å². The van der Waals surface area contributed by atoms with Gasteiger partial charge < -0.3 is 10.1 Å². The van der Waals surface area contributed by atoms with Crippen LogP contribution in [0.15, 0.2) is 88.8 Å². The molecule has 12 heteroatoms. The molecule has 44 heavy (non-hydrogen) atoms. The predicted molar refractivity (Wildman–Crippen MR) is 181 cm³/mol. The second-order valence-corrected chi connectivity index (χ2v) is 12.8. The molecule has 1 aliphatic heterocycles. The molecule has 2 amide bonds. The normalized spacial score (nSPS) is 16.2. The van der Waals surface area contributed by atoms with Crippen molar-refractivity contribution in [3.8, 4) is 5.75 Å². The minimum atomic E-state index is -0.881. The maximum atomic E-state index is 14.0. The molecule has 2 N–H and O–H groups in total. The molecule has 2 unspecified atom stereocenters. The lowest BCUT2D eigenvalue weighted by Crippen LogP contribution is -2.36. The number of amidine groups is 1. The third-order valence-corrected chi connectivity index (χ3v) is 8.91. The number of nitrogens with zero attached hydrogens (tertiary/aromatic N) is 2. The number of ether oxygens (including phenoxy) is 1. The quantitative estimate of drug-likeness (QED) is 0.193. The summed E-state index contributed by atoms with van der Waals surface area (Å²) in [5, 5.41) is 4.40. The first-order chi connectivity index (χ1) is 21.0. The minimum absolute atomic E-state index is 0.178. The van der Waals surface area contributed by atoms with Crippen molar-refractivity contribution in [1.29, 1.82) is 0 Å².